The highest BCUT2D eigenvalue weighted by Gasteiger charge is 2.38. The molecular weight excluding hydrogens is 282 g/mol. The molecule has 0 atom stereocenters. The molecule has 4 aliphatic heterocycles. The van der Waals surface area contributed by atoms with E-state index in [1.165, 1.54) is 11.3 Å². The highest BCUT2D eigenvalue weighted by atomic mass is 31.1. The van der Waals surface area contributed by atoms with Crippen molar-refractivity contribution >= 4 is 14.6 Å². The maximum atomic E-state index is 1.66. The Kier molecular flexibility index (Phi) is 5.51. The minimum atomic E-state index is 0.450. The molecular formula is C20H36BP. The van der Waals surface area contributed by atoms with Crippen molar-refractivity contribution in [2.75, 3.05) is 6.16 Å². The Morgan fingerprint density at radius 3 is 1.68 bits per heavy atom. The number of hydrogen-bond donors (Lipinski definition) is 0. The van der Waals surface area contributed by atoms with Crippen molar-refractivity contribution < 1.29 is 0 Å². The van der Waals surface area contributed by atoms with Crippen molar-refractivity contribution in [1.29, 1.82) is 0 Å². The van der Waals surface area contributed by atoms with Crippen LogP contribution in [-0.2, 0) is 0 Å². The van der Waals surface area contributed by atoms with Crippen LogP contribution in [0, 0.1) is 0 Å². The van der Waals surface area contributed by atoms with Gasteiger partial charge in [-0.15, -0.1) is 7.92 Å². The van der Waals surface area contributed by atoms with Crippen molar-refractivity contribution in [3.8, 4) is 0 Å². The molecule has 0 aromatic carbocycles. The van der Waals surface area contributed by atoms with Crippen LogP contribution in [0.25, 0.3) is 0 Å². The van der Waals surface area contributed by atoms with E-state index in [9.17, 15) is 0 Å². The van der Waals surface area contributed by atoms with Crippen LogP contribution in [0.4, 0.5) is 0 Å². The molecule has 4 fully saturated rings. The fourth-order valence-corrected chi connectivity index (χ4v) is 10.7. The molecule has 0 N–H and O–H groups in total. The van der Waals surface area contributed by atoms with Crippen LogP contribution in [0.5, 0.6) is 0 Å². The van der Waals surface area contributed by atoms with Crippen LogP contribution >= 0.6 is 7.92 Å². The number of fused-ring (bicyclic) bond motifs is 4. The van der Waals surface area contributed by atoms with E-state index in [2.05, 4.69) is 0 Å². The zero-order valence-corrected chi connectivity index (χ0v) is 15.5. The van der Waals surface area contributed by atoms with Gasteiger partial charge in [0.25, 0.3) is 0 Å². The summed E-state index contributed by atoms with van der Waals surface area (Å²) in [6, 6.07) is 0. The summed E-state index contributed by atoms with van der Waals surface area (Å²) in [6.45, 7) is 1.15. The van der Waals surface area contributed by atoms with Crippen molar-refractivity contribution in [3.63, 3.8) is 0 Å². The third-order valence-corrected chi connectivity index (χ3v) is 11.5. The first kappa shape index (κ1) is 16.0. The largest absolute Gasteiger partial charge is 0.146 e. The minimum absolute atomic E-state index is 0.450. The number of hydrogen-bond acceptors (Lipinski definition) is 0. The fourth-order valence-electron chi connectivity index (χ4n) is 6.75. The summed E-state index contributed by atoms with van der Waals surface area (Å²) in [5, 5.41) is 0. The molecule has 4 bridgehead atoms. The van der Waals surface area contributed by atoms with E-state index in [0.717, 1.165) is 18.3 Å². The Balaban J connectivity index is 1.22. The van der Waals surface area contributed by atoms with Gasteiger partial charge in [0.15, 0.2) is 0 Å². The highest BCUT2D eigenvalue weighted by Crippen LogP contribution is 2.60. The van der Waals surface area contributed by atoms with Crippen molar-refractivity contribution in [3.05, 3.63) is 0 Å². The normalized spacial score (nSPS) is 41.5. The van der Waals surface area contributed by atoms with Gasteiger partial charge in [-0.2, -0.15) is 0 Å². The lowest BCUT2D eigenvalue weighted by Crippen LogP contribution is -2.34. The molecule has 4 aliphatic rings. The minimum Gasteiger partial charge on any atom is -0.100 e. The average Bonchev–Trinajstić information content (AvgIpc) is 2.51. The lowest BCUT2D eigenvalue weighted by molar-refractivity contribution is 0.440. The molecule has 0 aromatic heterocycles. The van der Waals surface area contributed by atoms with Gasteiger partial charge in [0.05, 0.1) is 0 Å². The SMILES string of the molecule is C(CCP1C2CCCC1CCC2)CB1C2CCCC1CCC2. The van der Waals surface area contributed by atoms with E-state index < -0.39 is 0 Å². The first-order valence-electron chi connectivity index (χ1n) is 10.7. The molecule has 4 rings (SSSR count). The third kappa shape index (κ3) is 3.45. The molecule has 4 saturated heterocycles. The molecule has 22 heavy (non-hydrogen) atoms. The molecule has 0 aromatic rings. The Morgan fingerprint density at radius 1 is 0.636 bits per heavy atom. The van der Waals surface area contributed by atoms with E-state index in [-0.39, 0.29) is 0 Å². The average molecular weight is 318 g/mol. The van der Waals surface area contributed by atoms with E-state index >= 15 is 0 Å². The Hall–Kier alpha value is 0.495. The van der Waals surface area contributed by atoms with Crippen molar-refractivity contribution in [2.45, 2.75) is 119 Å². The van der Waals surface area contributed by atoms with Crippen LogP contribution in [0.3, 0.4) is 0 Å². The molecule has 2 heteroatoms. The summed E-state index contributed by atoms with van der Waals surface area (Å²) in [4.78, 5) is 0. The Morgan fingerprint density at radius 2 is 1.14 bits per heavy atom. The van der Waals surface area contributed by atoms with Gasteiger partial charge < -0.3 is 0 Å². The maximum Gasteiger partial charge on any atom is 0.146 e. The van der Waals surface area contributed by atoms with Gasteiger partial charge in [0.2, 0.25) is 0 Å². The zero-order chi connectivity index (χ0) is 14.8. The second kappa shape index (κ2) is 7.59. The zero-order valence-electron chi connectivity index (χ0n) is 14.6. The lowest BCUT2D eigenvalue weighted by Gasteiger charge is -2.43. The standard InChI is InChI=1S/C20H36BP/c1(15-21-17-7-3-8-18(21)10-4-9-17)2-16-22-19-11-5-12-20(22)14-6-13-19/h17-20H,1-16H2. The fraction of sp³-hybridized carbons (Fsp3) is 1.00. The van der Waals surface area contributed by atoms with E-state index in [0.29, 0.717) is 7.92 Å². The Labute approximate surface area is 140 Å². The molecule has 4 heterocycles. The molecule has 0 radical (unpaired) electrons. The van der Waals surface area contributed by atoms with Crippen LogP contribution in [0.2, 0.25) is 18.0 Å². The van der Waals surface area contributed by atoms with Crippen LogP contribution in [0.15, 0.2) is 0 Å². The van der Waals surface area contributed by atoms with Gasteiger partial charge in [-0.3, -0.25) is 0 Å². The van der Waals surface area contributed by atoms with Gasteiger partial charge in [0.1, 0.15) is 6.71 Å². The van der Waals surface area contributed by atoms with Crippen molar-refractivity contribution in [1.82, 2.24) is 0 Å². The van der Waals surface area contributed by atoms with Gasteiger partial charge in [0, 0.05) is 0 Å². The summed E-state index contributed by atoms with van der Waals surface area (Å²) in [7, 11) is 0.450. The maximum absolute atomic E-state index is 1.66. The first-order valence-corrected chi connectivity index (χ1v) is 12.3. The first-order chi connectivity index (χ1) is 10.9. The summed E-state index contributed by atoms with van der Waals surface area (Å²) in [5.74, 6) is 2.29. The molecule has 0 aliphatic carbocycles. The summed E-state index contributed by atoms with van der Waals surface area (Å²) >= 11 is 0. The molecule has 124 valence electrons. The molecule has 0 unspecified atom stereocenters. The van der Waals surface area contributed by atoms with Crippen LogP contribution in [0.1, 0.15) is 89.9 Å². The predicted molar refractivity (Wildman–Crippen MR) is 102 cm³/mol. The lowest BCUT2D eigenvalue weighted by atomic mass is 9.26. The topological polar surface area (TPSA) is 0 Å². The molecule has 0 amide bonds. The van der Waals surface area contributed by atoms with Gasteiger partial charge in [-0.25, -0.2) is 0 Å². The molecule has 0 spiro atoms. The van der Waals surface area contributed by atoms with Crippen molar-refractivity contribution in [2.24, 2.45) is 0 Å². The molecule has 0 saturated carbocycles. The quantitative estimate of drug-likeness (QED) is 0.292. The van der Waals surface area contributed by atoms with Gasteiger partial charge in [-0.1, -0.05) is 75.7 Å². The van der Waals surface area contributed by atoms with Gasteiger partial charge in [-0.05, 0) is 49.6 Å². The summed E-state index contributed by atoms with van der Waals surface area (Å²) in [5.41, 5.74) is 2.41. The van der Waals surface area contributed by atoms with E-state index in [1.54, 1.807) is 102 Å². The highest BCUT2D eigenvalue weighted by molar-refractivity contribution is 7.59. The second-order valence-corrected chi connectivity index (χ2v) is 11.9. The summed E-state index contributed by atoms with van der Waals surface area (Å²) in [6.07, 6.45) is 25.4. The predicted octanol–water partition coefficient (Wildman–Crippen LogP) is 6.96. The molecule has 0 nitrogen and oxygen atoms in total. The second-order valence-electron chi connectivity index (χ2n) is 8.95. The van der Waals surface area contributed by atoms with E-state index in [1.807, 2.05) is 0 Å². The smallest absolute Gasteiger partial charge is 0.100 e. The number of unbranched alkanes of at least 4 members (excludes halogenated alkanes) is 1. The monoisotopic (exact) mass is 318 g/mol. The third-order valence-electron chi connectivity index (χ3n) is 7.80. The van der Waals surface area contributed by atoms with Gasteiger partial charge >= 0.3 is 0 Å². The summed E-state index contributed by atoms with van der Waals surface area (Å²) < 4.78 is 0. The van der Waals surface area contributed by atoms with Crippen LogP contribution < -0.4 is 0 Å². The van der Waals surface area contributed by atoms with Crippen LogP contribution in [-0.4, -0.2) is 24.2 Å². The number of rotatable bonds is 5. The van der Waals surface area contributed by atoms with E-state index in [4.69, 9.17) is 0 Å². The Bertz CT molecular complexity index is 280.